The summed E-state index contributed by atoms with van der Waals surface area (Å²) in [4.78, 5) is 28.5. The van der Waals surface area contributed by atoms with Crippen LogP contribution in [0.5, 0.6) is 5.75 Å². The molecule has 0 heterocycles. The van der Waals surface area contributed by atoms with Crippen molar-refractivity contribution in [3.8, 4) is 5.75 Å². The first-order chi connectivity index (χ1) is 19.7. The molecular weight excluding hydrogens is 538 g/mol. The van der Waals surface area contributed by atoms with Crippen molar-refractivity contribution in [2.45, 2.75) is 58.7 Å². The van der Waals surface area contributed by atoms with Gasteiger partial charge in [-0.05, 0) is 85.3 Å². The van der Waals surface area contributed by atoms with E-state index in [-0.39, 0.29) is 18.4 Å². The number of nitrogens with zero attached hydrogens (tertiary/aromatic N) is 1. The van der Waals surface area contributed by atoms with Gasteiger partial charge in [-0.25, -0.2) is 0 Å². The molecular formula is C33H42ClN3O4. The molecule has 41 heavy (non-hydrogen) atoms. The molecule has 0 bridgehead atoms. The molecule has 0 aliphatic carbocycles. The lowest BCUT2D eigenvalue weighted by Gasteiger charge is -2.35. The van der Waals surface area contributed by atoms with E-state index in [2.05, 4.69) is 10.6 Å². The molecule has 0 aliphatic rings. The summed E-state index contributed by atoms with van der Waals surface area (Å²) in [5, 5.41) is 18.4. The van der Waals surface area contributed by atoms with E-state index in [0.717, 1.165) is 28.9 Å². The predicted octanol–water partition coefficient (Wildman–Crippen LogP) is 5.41. The number of ether oxygens (including phenoxy) is 1. The van der Waals surface area contributed by atoms with Crippen LogP contribution in [0.3, 0.4) is 0 Å². The van der Waals surface area contributed by atoms with E-state index in [0.29, 0.717) is 48.6 Å². The highest BCUT2D eigenvalue weighted by molar-refractivity contribution is 6.30. The number of aliphatic hydroxyl groups excluding tert-OH is 1. The molecule has 3 N–H and O–H groups in total. The maximum Gasteiger partial charge on any atom is 0.254 e. The quantitative estimate of drug-likeness (QED) is 0.224. The van der Waals surface area contributed by atoms with E-state index in [1.807, 2.05) is 69.3 Å². The Bertz CT molecular complexity index is 1280. The molecule has 0 saturated carbocycles. The maximum atomic E-state index is 14.1. The zero-order valence-electron chi connectivity index (χ0n) is 24.5. The van der Waals surface area contributed by atoms with Gasteiger partial charge < -0.3 is 25.4 Å². The number of aliphatic hydroxyl groups is 1. The van der Waals surface area contributed by atoms with Crippen molar-refractivity contribution in [1.29, 1.82) is 0 Å². The summed E-state index contributed by atoms with van der Waals surface area (Å²) in [6.45, 7) is 7.71. The molecule has 3 rings (SSSR count). The number of nitrogens with one attached hydrogen (secondary N) is 2. The number of benzene rings is 3. The number of carbonyl (C=O) groups excluding carboxylic acids is 2. The predicted molar refractivity (Wildman–Crippen MR) is 165 cm³/mol. The Balaban J connectivity index is 1.88. The summed E-state index contributed by atoms with van der Waals surface area (Å²) in [5.41, 5.74) is 3.69. The first-order valence-corrected chi connectivity index (χ1v) is 14.6. The minimum absolute atomic E-state index is 0.203. The van der Waals surface area contributed by atoms with Crippen LogP contribution in [0.1, 0.15) is 64.1 Å². The first kappa shape index (κ1) is 32.1. The zero-order valence-corrected chi connectivity index (χ0v) is 25.2. The van der Waals surface area contributed by atoms with E-state index in [4.69, 9.17) is 16.3 Å². The summed E-state index contributed by atoms with van der Waals surface area (Å²) in [6, 6.07) is 19.9. The summed E-state index contributed by atoms with van der Waals surface area (Å²) < 4.78 is 5.32. The van der Waals surface area contributed by atoms with Crippen LogP contribution in [0.25, 0.3) is 0 Å². The van der Waals surface area contributed by atoms with Crippen LogP contribution in [-0.4, -0.2) is 60.7 Å². The lowest BCUT2D eigenvalue weighted by atomic mass is 9.97. The molecule has 0 unspecified atom stereocenters. The normalized spacial score (nSPS) is 12.4. The maximum absolute atomic E-state index is 14.1. The number of rotatable bonds is 15. The van der Waals surface area contributed by atoms with Crippen LogP contribution in [0.4, 0.5) is 0 Å². The first-order valence-electron chi connectivity index (χ1n) is 14.2. The van der Waals surface area contributed by atoms with Crippen molar-refractivity contribution in [2.24, 2.45) is 0 Å². The SMILES string of the molecule is CCCNC(=O)c1cc(C)cc(C(=O)N(CCC)[C@@H](Cc2ccc(Cl)cc2)[C@H](O)CNCc2cccc(OC)c2)c1. The fourth-order valence-electron chi connectivity index (χ4n) is 4.80. The average Bonchev–Trinajstić information content (AvgIpc) is 2.98. The topological polar surface area (TPSA) is 90.9 Å². The van der Waals surface area contributed by atoms with Crippen molar-refractivity contribution in [3.63, 3.8) is 0 Å². The Morgan fingerprint density at radius 3 is 2.39 bits per heavy atom. The van der Waals surface area contributed by atoms with Crippen molar-refractivity contribution < 1.29 is 19.4 Å². The van der Waals surface area contributed by atoms with Crippen LogP contribution in [0.2, 0.25) is 5.02 Å². The largest absolute Gasteiger partial charge is 0.497 e. The van der Waals surface area contributed by atoms with Gasteiger partial charge in [0, 0.05) is 42.3 Å². The third-order valence-electron chi connectivity index (χ3n) is 6.87. The Kier molecular flexibility index (Phi) is 12.7. The Morgan fingerprint density at radius 1 is 0.976 bits per heavy atom. The van der Waals surface area contributed by atoms with Crippen LogP contribution in [-0.2, 0) is 13.0 Å². The number of methoxy groups -OCH3 is 1. The van der Waals surface area contributed by atoms with Crippen molar-refractivity contribution in [1.82, 2.24) is 15.5 Å². The van der Waals surface area contributed by atoms with Crippen LogP contribution in [0.15, 0.2) is 66.7 Å². The molecule has 0 aromatic heterocycles. The van der Waals surface area contributed by atoms with Gasteiger partial charge in [0.2, 0.25) is 0 Å². The molecule has 2 atom stereocenters. The summed E-state index contributed by atoms with van der Waals surface area (Å²) >= 11 is 6.12. The van der Waals surface area contributed by atoms with Crippen molar-refractivity contribution in [2.75, 3.05) is 26.7 Å². The third kappa shape index (κ3) is 9.59. The number of carbonyl (C=O) groups is 2. The van der Waals surface area contributed by atoms with Crippen LogP contribution >= 0.6 is 11.6 Å². The molecule has 3 aromatic carbocycles. The smallest absolute Gasteiger partial charge is 0.254 e. The van der Waals surface area contributed by atoms with Gasteiger partial charge in [-0.3, -0.25) is 9.59 Å². The Labute approximate surface area is 248 Å². The monoisotopic (exact) mass is 579 g/mol. The van der Waals surface area contributed by atoms with Crippen molar-refractivity contribution >= 4 is 23.4 Å². The average molecular weight is 580 g/mol. The lowest BCUT2D eigenvalue weighted by Crippen LogP contribution is -2.51. The van der Waals surface area contributed by atoms with E-state index in [1.54, 1.807) is 30.2 Å². The highest BCUT2D eigenvalue weighted by Gasteiger charge is 2.30. The van der Waals surface area contributed by atoms with E-state index < -0.39 is 12.1 Å². The van der Waals surface area contributed by atoms with Crippen LogP contribution < -0.4 is 15.4 Å². The number of aryl methyl sites for hydroxylation is 1. The van der Waals surface area contributed by atoms with Gasteiger partial charge in [-0.1, -0.05) is 49.7 Å². The van der Waals surface area contributed by atoms with Gasteiger partial charge >= 0.3 is 0 Å². The van der Waals surface area contributed by atoms with E-state index in [9.17, 15) is 14.7 Å². The summed E-state index contributed by atoms with van der Waals surface area (Å²) in [6.07, 6.45) is 1.12. The summed E-state index contributed by atoms with van der Waals surface area (Å²) in [5.74, 6) is 0.350. The fourth-order valence-corrected chi connectivity index (χ4v) is 4.93. The highest BCUT2D eigenvalue weighted by Crippen LogP contribution is 2.21. The highest BCUT2D eigenvalue weighted by atomic mass is 35.5. The molecule has 3 aromatic rings. The van der Waals surface area contributed by atoms with Gasteiger partial charge in [0.15, 0.2) is 0 Å². The van der Waals surface area contributed by atoms with Crippen LogP contribution in [0, 0.1) is 6.92 Å². The second-order valence-corrected chi connectivity index (χ2v) is 10.7. The summed E-state index contributed by atoms with van der Waals surface area (Å²) in [7, 11) is 1.63. The number of amides is 2. The van der Waals surface area contributed by atoms with Gasteiger partial charge in [-0.15, -0.1) is 0 Å². The molecule has 0 spiro atoms. The molecule has 0 radical (unpaired) electrons. The van der Waals surface area contributed by atoms with E-state index in [1.165, 1.54) is 0 Å². The fraction of sp³-hybridized carbons (Fsp3) is 0.394. The lowest BCUT2D eigenvalue weighted by molar-refractivity contribution is 0.0353. The second kappa shape index (κ2) is 16.2. The zero-order chi connectivity index (χ0) is 29.8. The van der Waals surface area contributed by atoms with E-state index >= 15 is 0 Å². The minimum Gasteiger partial charge on any atom is -0.497 e. The number of hydrogen-bond donors (Lipinski definition) is 3. The molecule has 2 amide bonds. The standard InChI is InChI=1S/C33H42ClN3O4/c1-5-14-36-32(39)26-16-23(3)17-27(20-26)33(40)37(15-6-2)30(19-24-10-12-28(34)13-11-24)31(38)22-35-21-25-8-7-9-29(18-25)41-4/h7-13,16-18,20,30-31,35,38H,5-6,14-15,19,21-22H2,1-4H3,(H,36,39)/t30-,31+/m0/s1. The van der Waals surface area contributed by atoms with Gasteiger partial charge in [-0.2, -0.15) is 0 Å². The minimum atomic E-state index is -0.857. The second-order valence-electron chi connectivity index (χ2n) is 10.3. The molecule has 7 nitrogen and oxygen atoms in total. The number of hydrogen-bond acceptors (Lipinski definition) is 5. The Morgan fingerprint density at radius 2 is 1.71 bits per heavy atom. The van der Waals surface area contributed by atoms with Crippen molar-refractivity contribution in [3.05, 3.63) is 99.6 Å². The Hall–Kier alpha value is -3.39. The third-order valence-corrected chi connectivity index (χ3v) is 7.12. The molecule has 0 aliphatic heterocycles. The van der Waals surface area contributed by atoms with Gasteiger partial charge in [0.1, 0.15) is 5.75 Å². The molecule has 0 saturated heterocycles. The molecule has 8 heteroatoms. The molecule has 0 fully saturated rings. The number of halogens is 1. The molecule has 220 valence electrons. The van der Waals surface area contributed by atoms with Gasteiger partial charge in [0.25, 0.3) is 11.8 Å². The van der Waals surface area contributed by atoms with Gasteiger partial charge in [0.05, 0.1) is 19.3 Å².